The van der Waals surface area contributed by atoms with Crippen molar-refractivity contribution in [2.45, 2.75) is 31.7 Å². The van der Waals surface area contributed by atoms with Gasteiger partial charge in [0.1, 0.15) is 5.75 Å². The molecule has 1 fully saturated rings. The van der Waals surface area contributed by atoms with E-state index in [1.54, 1.807) is 11.3 Å². The molecule has 1 atom stereocenters. The Morgan fingerprint density at radius 2 is 2.19 bits per heavy atom. The number of nitrogens with zero attached hydrogens (tertiary/aromatic N) is 2. The summed E-state index contributed by atoms with van der Waals surface area (Å²) >= 11 is 1.66. The van der Waals surface area contributed by atoms with Crippen LogP contribution in [0.4, 0.5) is 16.2 Å². The molecular weight excluding hydrogens is 354 g/mol. The van der Waals surface area contributed by atoms with E-state index in [1.807, 2.05) is 16.3 Å². The number of carbonyl (C=O) groups excluding carboxylic acids is 1. The normalized spacial score (nSPS) is 17.4. The molecule has 0 radical (unpaired) electrons. The minimum absolute atomic E-state index is 0.0570. The van der Waals surface area contributed by atoms with Crippen molar-refractivity contribution in [1.29, 1.82) is 0 Å². The number of methoxy groups -OCH3 is 1. The molecule has 2 aromatic rings. The Hall–Kier alpha value is -2.61. The van der Waals surface area contributed by atoms with Crippen LogP contribution in [0.25, 0.3) is 0 Å². The van der Waals surface area contributed by atoms with E-state index in [9.17, 15) is 14.9 Å². The van der Waals surface area contributed by atoms with E-state index in [2.05, 4.69) is 11.4 Å². The summed E-state index contributed by atoms with van der Waals surface area (Å²) in [4.78, 5) is 26.4. The topological polar surface area (TPSA) is 84.7 Å². The SMILES string of the molecule is COc1cc([N+](=O)[O-])ccc1NC(=O)N1CCCCC[C@@H]1c1cccs1. The number of nitro benzene ring substituents is 1. The van der Waals surface area contributed by atoms with Crippen LogP contribution in [-0.4, -0.2) is 29.5 Å². The number of non-ortho nitro benzene ring substituents is 1. The zero-order valence-corrected chi connectivity index (χ0v) is 15.3. The van der Waals surface area contributed by atoms with Gasteiger partial charge in [-0.05, 0) is 30.4 Å². The minimum Gasteiger partial charge on any atom is -0.494 e. The number of benzene rings is 1. The van der Waals surface area contributed by atoms with Crippen LogP contribution in [0.1, 0.15) is 36.6 Å². The lowest BCUT2D eigenvalue weighted by Crippen LogP contribution is -2.37. The number of nitrogens with one attached hydrogen (secondary N) is 1. The Labute approximate surface area is 155 Å². The average Bonchev–Trinajstić information content (AvgIpc) is 3.06. The van der Waals surface area contributed by atoms with Crippen LogP contribution in [0.5, 0.6) is 5.75 Å². The molecule has 0 bridgehead atoms. The largest absolute Gasteiger partial charge is 0.494 e. The molecule has 2 heterocycles. The summed E-state index contributed by atoms with van der Waals surface area (Å²) < 4.78 is 5.21. The zero-order chi connectivity index (χ0) is 18.5. The Balaban J connectivity index is 1.82. The quantitative estimate of drug-likeness (QED) is 0.613. The number of rotatable bonds is 4. The summed E-state index contributed by atoms with van der Waals surface area (Å²) in [6, 6.07) is 8.09. The second-order valence-electron chi connectivity index (χ2n) is 6.15. The van der Waals surface area contributed by atoms with E-state index in [-0.39, 0.29) is 23.5 Å². The Kier molecular flexibility index (Phi) is 5.72. The molecule has 2 amide bonds. The van der Waals surface area contributed by atoms with Crippen molar-refractivity contribution in [2.24, 2.45) is 0 Å². The number of urea groups is 1. The monoisotopic (exact) mass is 375 g/mol. The standard InChI is InChI=1S/C18H21N3O4S/c1-25-16-12-13(21(23)24)8-9-14(16)19-18(22)20-10-4-2-3-6-15(20)17-7-5-11-26-17/h5,7-9,11-12,15H,2-4,6,10H2,1H3,(H,19,22)/t15-/m1/s1. The van der Waals surface area contributed by atoms with E-state index in [0.29, 0.717) is 12.2 Å². The third kappa shape index (κ3) is 3.96. The number of carbonyl (C=O) groups is 1. The van der Waals surface area contributed by atoms with Gasteiger partial charge in [0.15, 0.2) is 0 Å². The summed E-state index contributed by atoms with van der Waals surface area (Å²) in [5.41, 5.74) is 0.350. The molecule has 0 aliphatic carbocycles. The molecule has 1 aliphatic rings. The van der Waals surface area contributed by atoms with Crippen molar-refractivity contribution in [2.75, 3.05) is 19.0 Å². The van der Waals surface area contributed by atoms with Crippen LogP contribution in [0.3, 0.4) is 0 Å². The highest BCUT2D eigenvalue weighted by molar-refractivity contribution is 7.10. The first-order chi connectivity index (χ1) is 12.6. The lowest BCUT2D eigenvalue weighted by Gasteiger charge is -2.29. The molecule has 26 heavy (non-hydrogen) atoms. The molecule has 8 heteroatoms. The van der Waals surface area contributed by atoms with Crippen molar-refractivity contribution in [3.8, 4) is 5.75 Å². The summed E-state index contributed by atoms with van der Waals surface area (Å²) in [5, 5.41) is 15.8. The average molecular weight is 375 g/mol. The fraction of sp³-hybridized carbons (Fsp3) is 0.389. The molecule has 1 aromatic carbocycles. The van der Waals surface area contributed by atoms with Crippen LogP contribution in [0.2, 0.25) is 0 Å². The van der Waals surface area contributed by atoms with Gasteiger partial charge >= 0.3 is 6.03 Å². The van der Waals surface area contributed by atoms with E-state index >= 15 is 0 Å². The summed E-state index contributed by atoms with van der Waals surface area (Å²) in [6.07, 6.45) is 4.09. The van der Waals surface area contributed by atoms with Crippen LogP contribution in [0.15, 0.2) is 35.7 Å². The van der Waals surface area contributed by atoms with Crippen molar-refractivity contribution in [3.05, 3.63) is 50.7 Å². The van der Waals surface area contributed by atoms with Gasteiger partial charge < -0.3 is 15.0 Å². The second-order valence-corrected chi connectivity index (χ2v) is 7.13. The van der Waals surface area contributed by atoms with E-state index < -0.39 is 4.92 Å². The summed E-state index contributed by atoms with van der Waals surface area (Å²) in [7, 11) is 1.43. The zero-order valence-electron chi connectivity index (χ0n) is 14.5. The van der Waals surface area contributed by atoms with Crippen molar-refractivity contribution in [3.63, 3.8) is 0 Å². The highest BCUT2D eigenvalue weighted by Crippen LogP contribution is 2.34. The lowest BCUT2D eigenvalue weighted by atomic mass is 10.1. The predicted molar refractivity (Wildman–Crippen MR) is 101 cm³/mol. The number of thiophene rings is 1. The number of ether oxygens (including phenoxy) is 1. The molecule has 1 aliphatic heterocycles. The van der Waals surface area contributed by atoms with Gasteiger partial charge in [0.05, 0.1) is 29.8 Å². The number of hydrogen-bond acceptors (Lipinski definition) is 5. The number of hydrogen-bond donors (Lipinski definition) is 1. The van der Waals surface area contributed by atoms with E-state index in [0.717, 1.165) is 25.7 Å². The maximum absolute atomic E-state index is 12.9. The van der Waals surface area contributed by atoms with E-state index in [1.165, 1.54) is 30.2 Å². The van der Waals surface area contributed by atoms with Gasteiger partial charge in [-0.15, -0.1) is 11.3 Å². The van der Waals surface area contributed by atoms with Crippen LogP contribution < -0.4 is 10.1 Å². The lowest BCUT2D eigenvalue weighted by molar-refractivity contribution is -0.384. The summed E-state index contributed by atoms with van der Waals surface area (Å²) in [5.74, 6) is 0.273. The predicted octanol–water partition coefficient (Wildman–Crippen LogP) is 4.81. The minimum atomic E-state index is -0.490. The first-order valence-corrected chi connectivity index (χ1v) is 9.41. The molecule has 0 unspecified atom stereocenters. The molecule has 138 valence electrons. The van der Waals surface area contributed by atoms with Crippen LogP contribution in [-0.2, 0) is 0 Å². The molecule has 3 rings (SSSR count). The fourth-order valence-corrected chi connectivity index (χ4v) is 4.09. The maximum atomic E-state index is 12.9. The smallest absolute Gasteiger partial charge is 0.322 e. The molecular formula is C18H21N3O4S. The Bertz CT molecular complexity index is 779. The molecule has 1 N–H and O–H groups in total. The molecule has 0 saturated carbocycles. The number of amides is 2. The summed E-state index contributed by atoms with van der Waals surface area (Å²) in [6.45, 7) is 0.684. The third-order valence-electron chi connectivity index (χ3n) is 4.52. The second kappa shape index (κ2) is 8.18. The Morgan fingerprint density at radius 3 is 2.88 bits per heavy atom. The number of nitro groups is 1. The fourth-order valence-electron chi connectivity index (χ4n) is 3.21. The first kappa shape index (κ1) is 18.2. The molecule has 7 nitrogen and oxygen atoms in total. The van der Waals surface area contributed by atoms with Crippen molar-refractivity contribution < 1.29 is 14.5 Å². The number of likely N-dealkylation sites (tertiary alicyclic amines) is 1. The third-order valence-corrected chi connectivity index (χ3v) is 5.50. The van der Waals surface area contributed by atoms with Gasteiger partial charge in [0, 0.05) is 17.5 Å². The molecule has 0 spiro atoms. The van der Waals surface area contributed by atoms with Gasteiger partial charge in [0.2, 0.25) is 0 Å². The van der Waals surface area contributed by atoms with Gasteiger partial charge in [-0.1, -0.05) is 18.9 Å². The van der Waals surface area contributed by atoms with E-state index in [4.69, 9.17) is 4.74 Å². The van der Waals surface area contributed by atoms with Crippen molar-refractivity contribution in [1.82, 2.24) is 4.90 Å². The Morgan fingerprint density at radius 1 is 1.35 bits per heavy atom. The molecule has 1 aromatic heterocycles. The molecule has 1 saturated heterocycles. The first-order valence-electron chi connectivity index (χ1n) is 8.53. The maximum Gasteiger partial charge on any atom is 0.322 e. The van der Waals surface area contributed by atoms with Gasteiger partial charge in [-0.3, -0.25) is 10.1 Å². The van der Waals surface area contributed by atoms with Gasteiger partial charge in [-0.2, -0.15) is 0 Å². The van der Waals surface area contributed by atoms with Crippen molar-refractivity contribution >= 4 is 28.7 Å². The highest BCUT2D eigenvalue weighted by atomic mass is 32.1. The van der Waals surface area contributed by atoms with Crippen LogP contribution in [0, 0.1) is 10.1 Å². The number of anilines is 1. The van der Waals surface area contributed by atoms with Gasteiger partial charge in [-0.25, -0.2) is 4.79 Å². The van der Waals surface area contributed by atoms with Gasteiger partial charge in [0.25, 0.3) is 5.69 Å². The van der Waals surface area contributed by atoms with Crippen LogP contribution >= 0.6 is 11.3 Å². The highest BCUT2D eigenvalue weighted by Gasteiger charge is 2.28.